The molecule has 0 atom stereocenters. The minimum atomic E-state index is -3.42. The van der Waals surface area contributed by atoms with E-state index < -0.39 is 15.8 Å². The number of sulfone groups is 1. The summed E-state index contributed by atoms with van der Waals surface area (Å²) in [5.41, 5.74) is 1.79. The van der Waals surface area contributed by atoms with E-state index in [0.29, 0.717) is 16.3 Å². The predicted octanol–water partition coefficient (Wildman–Crippen LogP) is 3.26. The van der Waals surface area contributed by atoms with Crippen molar-refractivity contribution in [2.45, 2.75) is 37.5 Å². The highest BCUT2D eigenvalue weighted by atomic mass is 32.2. The van der Waals surface area contributed by atoms with Gasteiger partial charge in [-0.05, 0) is 50.3 Å². The lowest BCUT2D eigenvalue weighted by Gasteiger charge is -2.13. The molecule has 2 aromatic rings. The average Bonchev–Trinajstić information content (AvgIpc) is 3.04. The number of nitrogens with one attached hydrogen (secondary N) is 2. The Balaban J connectivity index is 1.77. The van der Waals surface area contributed by atoms with Crippen molar-refractivity contribution in [3.05, 3.63) is 40.3 Å². The Morgan fingerprint density at radius 1 is 1.17 bits per heavy atom. The fourth-order valence-electron chi connectivity index (χ4n) is 3.36. The number of esters is 1. The van der Waals surface area contributed by atoms with Crippen molar-refractivity contribution in [1.29, 1.82) is 0 Å². The maximum Gasteiger partial charge on any atom is 0.341 e. The second kappa shape index (κ2) is 8.96. The number of para-hydroxylation sites is 1. The Bertz CT molecular complexity index is 1030. The molecule has 1 aromatic carbocycles. The minimum Gasteiger partial charge on any atom is -0.462 e. The summed E-state index contributed by atoms with van der Waals surface area (Å²) < 4.78 is 29.0. The molecule has 0 saturated carbocycles. The molecule has 9 heteroatoms. The highest BCUT2D eigenvalue weighted by Gasteiger charge is 2.27. The van der Waals surface area contributed by atoms with Gasteiger partial charge in [0.25, 0.3) is 0 Å². The number of aryl methyl sites for hydroxylation is 1. The minimum absolute atomic E-state index is 0.128. The zero-order chi connectivity index (χ0) is 21.0. The topological polar surface area (TPSA) is 102 Å². The van der Waals surface area contributed by atoms with Crippen LogP contribution >= 0.6 is 11.3 Å². The zero-order valence-electron chi connectivity index (χ0n) is 16.4. The molecule has 0 saturated heterocycles. The lowest BCUT2D eigenvalue weighted by atomic mass is 9.95. The molecule has 0 bridgehead atoms. The molecule has 1 amide bonds. The highest BCUT2D eigenvalue weighted by molar-refractivity contribution is 7.90. The number of hydrogen-bond donors (Lipinski definition) is 2. The molecule has 0 fully saturated rings. The summed E-state index contributed by atoms with van der Waals surface area (Å²) in [5, 5.41) is 6.17. The molecule has 1 aromatic heterocycles. The molecule has 2 N–H and O–H groups in total. The van der Waals surface area contributed by atoms with Crippen LogP contribution in [0.25, 0.3) is 0 Å². The van der Waals surface area contributed by atoms with Gasteiger partial charge < -0.3 is 15.4 Å². The molecule has 0 aliphatic heterocycles. The van der Waals surface area contributed by atoms with Crippen molar-refractivity contribution in [3.8, 4) is 0 Å². The van der Waals surface area contributed by atoms with Crippen LogP contribution in [0.5, 0.6) is 0 Å². The number of hydrogen-bond acceptors (Lipinski definition) is 7. The number of ether oxygens (including phenoxy) is 1. The third-order valence-corrected chi connectivity index (χ3v) is 6.99. The first-order valence-corrected chi connectivity index (χ1v) is 12.2. The van der Waals surface area contributed by atoms with E-state index in [0.717, 1.165) is 42.4 Å². The van der Waals surface area contributed by atoms with E-state index in [4.69, 9.17) is 4.74 Å². The van der Waals surface area contributed by atoms with Crippen molar-refractivity contribution in [2.24, 2.45) is 0 Å². The van der Waals surface area contributed by atoms with E-state index in [-0.39, 0.29) is 24.0 Å². The molecular formula is C20H24N2O5S2. The maximum absolute atomic E-state index is 12.5. The fourth-order valence-corrected chi connectivity index (χ4v) is 5.51. The van der Waals surface area contributed by atoms with E-state index in [1.165, 1.54) is 17.4 Å². The second-order valence-electron chi connectivity index (χ2n) is 6.81. The van der Waals surface area contributed by atoms with Gasteiger partial charge in [0.1, 0.15) is 5.00 Å². The highest BCUT2D eigenvalue weighted by Crippen LogP contribution is 2.38. The van der Waals surface area contributed by atoms with Crippen LogP contribution in [0.15, 0.2) is 29.2 Å². The molecule has 29 heavy (non-hydrogen) atoms. The van der Waals surface area contributed by atoms with E-state index in [2.05, 4.69) is 10.6 Å². The predicted molar refractivity (Wildman–Crippen MR) is 114 cm³/mol. The molecule has 1 heterocycles. The van der Waals surface area contributed by atoms with Crippen molar-refractivity contribution in [1.82, 2.24) is 0 Å². The van der Waals surface area contributed by atoms with Crippen LogP contribution in [-0.2, 0) is 32.2 Å². The summed E-state index contributed by atoms with van der Waals surface area (Å²) in [6.45, 7) is 1.89. The third-order valence-electron chi connectivity index (χ3n) is 4.63. The number of benzene rings is 1. The number of thiophene rings is 1. The molecule has 3 rings (SSSR count). The van der Waals surface area contributed by atoms with Gasteiger partial charge in [-0.2, -0.15) is 0 Å². The number of carbonyl (C=O) groups excluding carboxylic acids is 2. The summed E-state index contributed by atoms with van der Waals surface area (Å²) in [7, 11) is -3.42. The SMILES string of the molecule is CCOC(=O)c1c(NC(=O)CNc2ccccc2S(C)(=O)=O)sc2c1CCCC2. The molecule has 156 valence electrons. The number of anilines is 2. The Kier molecular flexibility index (Phi) is 6.59. The summed E-state index contributed by atoms with van der Waals surface area (Å²) in [6.07, 6.45) is 4.88. The van der Waals surface area contributed by atoms with Crippen LogP contribution in [-0.4, -0.2) is 39.7 Å². The van der Waals surface area contributed by atoms with Gasteiger partial charge in [-0.3, -0.25) is 4.79 Å². The Morgan fingerprint density at radius 3 is 2.62 bits per heavy atom. The van der Waals surface area contributed by atoms with Crippen molar-refractivity contribution < 1.29 is 22.7 Å². The van der Waals surface area contributed by atoms with Gasteiger partial charge in [-0.15, -0.1) is 11.3 Å². The van der Waals surface area contributed by atoms with Crippen LogP contribution in [0.1, 0.15) is 40.6 Å². The van der Waals surface area contributed by atoms with Gasteiger partial charge in [0.15, 0.2) is 9.84 Å². The lowest BCUT2D eigenvalue weighted by molar-refractivity contribution is -0.114. The van der Waals surface area contributed by atoms with Gasteiger partial charge in [-0.1, -0.05) is 12.1 Å². The lowest BCUT2D eigenvalue weighted by Crippen LogP contribution is -2.23. The molecule has 1 aliphatic rings. The van der Waals surface area contributed by atoms with Gasteiger partial charge in [0.2, 0.25) is 5.91 Å². The summed E-state index contributed by atoms with van der Waals surface area (Å²) in [5.74, 6) is -0.782. The smallest absolute Gasteiger partial charge is 0.341 e. The summed E-state index contributed by atoms with van der Waals surface area (Å²) in [6, 6.07) is 6.42. The molecular weight excluding hydrogens is 412 g/mol. The molecule has 0 radical (unpaired) electrons. The number of fused-ring (bicyclic) bond motifs is 1. The van der Waals surface area contributed by atoms with Gasteiger partial charge in [0, 0.05) is 11.1 Å². The van der Waals surface area contributed by atoms with Crippen molar-refractivity contribution in [2.75, 3.05) is 30.0 Å². The largest absolute Gasteiger partial charge is 0.462 e. The molecule has 0 unspecified atom stereocenters. The Labute approximate surface area is 174 Å². The second-order valence-corrected chi connectivity index (χ2v) is 9.89. The fraction of sp³-hybridized carbons (Fsp3) is 0.400. The van der Waals surface area contributed by atoms with Crippen LogP contribution in [0, 0.1) is 0 Å². The average molecular weight is 437 g/mol. The summed E-state index contributed by atoms with van der Waals surface area (Å²) in [4.78, 5) is 26.2. The summed E-state index contributed by atoms with van der Waals surface area (Å²) >= 11 is 1.42. The monoisotopic (exact) mass is 436 g/mol. The Hall–Kier alpha value is -2.39. The molecule has 7 nitrogen and oxygen atoms in total. The van der Waals surface area contributed by atoms with Crippen molar-refractivity contribution >= 4 is 43.7 Å². The quantitative estimate of drug-likeness (QED) is 0.646. The first kappa shape index (κ1) is 21.3. The van der Waals surface area contributed by atoms with E-state index >= 15 is 0 Å². The normalized spacial score (nSPS) is 13.4. The van der Waals surface area contributed by atoms with Crippen molar-refractivity contribution in [3.63, 3.8) is 0 Å². The Morgan fingerprint density at radius 2 is 1.90 bits per heavy atom. The molecule has 0 spiro atoms. The number of rotatable bonds is 7. The van der Waals surface area contributed by atoms with Crippen LogP contribution < -0.4 is 10.6 Å². The third kappa shape index (κ3) is 4.97. The van der Waals surface area contributed by atoms with Crippen LogP contribution in [0.2, 0.25) is 0 Å². The van der Waals surface area contributed by atoms with Crippen LogP contribution in [0.3, 0.4) is 0 Å². The van der Waals surface area contributed by atoms with E-state index in [1.54, 1.807) is 25.1 Å². The number of amides is 1. The first-order chi connectivity index (χ1) is 13.8. The van der Waals surface area contributed by atoms with Crippen LogP contribution in [0.4, 0.5) is 10.7 Å². The van der Waals surface area contributed by atoms with Gasteiger partial charge in [-0.25, -0.2) is 13.2 Å². The van der Waals surface area contributed by atoms with Gasteiger partial charge >= 0.3 is 5.97 Å². The van der Waals surface area contributed by atoms with E-state index in [9.17, 15) is 18.0 Å². The first-order valence-electron chi connectivity index (χ1n) is 9.45. The number of carbonyl (C=O) groups is 2. The molecule has 1 aliphatic carbocycles. The standard InChI is InChI=1S/C20H24N2O5S2/c1-3-27-20(24)18-13-8-4-6-10-15(13)28-19(18)22-17(23)12-21-14-9-5-7-11-16(14)29(2,25)26/h5,7,9,11,21H,3-4,6,8,10,12H2,1-2H3,(H,22,23). The van der Waals surface area contributed by atoms with E-state index in [1.807, 2.05) is 0 Å². The van der Waals surface area contributed by atoms with Gasteiger partial charge in [0.05, 0.1) is 29.3 Å². The zero-order valence-corrected chi connectivity index (χ0v) is 18.0. The maximum atomic E-state index is 12.5.